The molecular formula is C26H32N2O5. The number of fused-ring (bicyclic) bond motifs is 2. The first-order valence-corrected chi connectivity index (χ1v) is 11.4. The molecule has 0 bridgehead atoms. The number of Topliss-reactive ketones (excluding diaryl/α,β-unsaturated/α-hetero) is 1. The summed E-state index contributed by atoms with van der Waals surface area (Å²) in [5.74, 6) is 0.254. The summed E-state index contributed by atoms with van der Waals surface area (Å²) in [7, 11) is 0. The van der Waals surface area contributed by atoms with Gasteiger partial charge in [0.15, 0.2) is 5.78 Å². The lowest BCUT2D eigenvalue weighted by Gasteiger charge is -2.38. The lowest BCUT2D eigenvalue weighted by Crippen LogP contribution is -2.46. The van der Waals surface area contributed by atoms with Crippen molar-refractivity contribution in [1.29, 1.82) is 0 Å². The van der Waals surface area contributed by atoms with Gasteiger partial charge < -0.3 is 25.2 Å². The molecule has 0 radical (unpaired) electrons. The van der Waals surface area contributed by atoms with Crippen LogP contribution in [0.5, 0.6) is 11.5 Å². The number of ketones is 1. The van der Waals surface area contributed by atoms with Crippen LogP contribution >= 0.6 is 0 Å². The highest BCUT2D eigenvalue weighted by Crippen LogP contribution is 2.46. The number of hydrogen-bond donors (Lipinski definition) is 2. The zero-order chi connectivity index (χ0) is 23.8. The lowest BCUT2D eigenvalue weighted by molar-refractivity contribution is 0.00295. The fourth-order valence-electron chi connectivity index (χ4n) is 4.52. The normalized spacial score (nSPS) is 17.0. The van der Waals surface area contributed by atoms with E-state index in [-0.39, 0.29) is 35.0 Å². The summed E-state index contributed by atoms with van der Waals surface area (Å²) < 4.78 is 11.5. The zero-order valence-corrected chi connectivity index (χ0v) is 19.5. The van der Waals surface area contributed by atoms with Gasteiger partial charge in [-0.05, 0) is 63.4 Å². The van der Waals surface area contributed by atoms with Gasteiger partial charge in [-0.1, -0.05) is 12.1 Å². The Bertz CT molecular complexity index is 1060. The Balaban J connectivity index is 1.46. The number of aromatic hydroxyl groups is 1. The molecule has 2 aromatic rings. The summed E-state index contributed by atoms with van der Waals surface area (Å²) in [6.07, 6.45) is 1.59. The van der Waals surface area contributed by atoms with E-state index in [0.29, 0.717) is 31.8 Å². The first kappa shape index (κ1) is 23.3. The van der Waals surface area contributed by atoms with Gasteiger partial charge >= 0.3 is 0 Å². The van der Waals surface area contributed by atoms with Gasteiger partial charge in [-0.25, -0.2) is 0 Å². The van der Waals surface area contributed by atoms with Gasteiger partial charge in [0, 0.05) is 36.2 Å². The van der Waals surface area contributed by atoms with E-state index in [1.165, 1.54) is 17.7 Å². The van der Waals surface area contributed by atoms with Crippen molar-refractivity contribution in [3.05, 3.63) is 58.7 Å². The molecule has 2 aliphatic rings. The van der Waals surface area contributed by atoms with Crippen LogP contribution in [0.3, 0.4) is 0 Å². The van der Waals surface area contributed by atoms with Gasteiger partial charge in [0.1, 0.15) is 18.1 Å². The Kier molecular flexibility index (Phi) is 6.20. The van der Waals surface area contributed by atoms with Crippen molar-refractivity contribution in [2.24, 2.45) is 5.73 Å². The van der Waals surface area contributed by atoms with Crippen LogP contribution in [-0.2, 0) is 16.7 Å². The monoisotopic (exact) mass is 452 g/mol. The predicted molar refractivity (Wildman–Crippen MR) is 125 cm³/mol. The lowest BCUT2D eigenvalue weighted by atomic mass is 9.74. The second kappa shape index (κ2) is 8.80. The van der Waals surface area contributed by atoms with E-state index < -0.39 is 5.60 Å². The number of phenolic OH excluding ortho intramolecular Hbond substituents is 1. The van der Waals surface area contributed by atoms with Crippen LogP contribution in [-0.4, -0.2) is 53.6 Å². The minimum absolute atomic E-state index is 0.0995. The number of piperidine rings is 1. The number of amides is 1. The number of ether oxygens (including phenoxy) is 2. The Morgan fingerprint density at radius 3 is 2.55 bits per heavy atom. The van der Waals surface area contributed by atoms with Gasteiger partial charge in [0.2, 0.25) is 0 Å². The Hall–Kier alpha value is -2.90. The largest absolute Gasteiger partial charge is 0.507 e. The summed E-state index contributed by atoms with van der Waals surface area (Å²) in [5, 5.41) is 10.2. The molecule has 0 unspecified atom stereocenters. The van der Waals surface area contributed by atoms with Crippen LogP contribution in [0, 0.1) is 0 Å². The fourth-order valence-corrected chi connectivity index (χ4v) is 4.52. The molecule has 0 saturated carbocycles. The highest BCUT2D eigenvalue weighted by molar-refractivity contribution is 6.03. The Labute approximate surface area is 194 Å². The van der Waals surface area contributed by atoms with Crippen LogP contribution < -0.4 is 10.5 Å². The van der Waals surface area contributed by atoms with Gasteiger partial charge in [-0.2, -0.15) is 0 Å². The first-order valence-electron chi connectivity index (χ1n) is 11.4. The number of phenols is 1. The SMILES string of the molecule is CC(C)(C)OCC(=O)c1cc(C(=O)N2CCC3(CC2)COc2ccc(CN)cc23)ccc1O. The van der Waals surface area contributed by atoms with Gasteiger partial charge in [-0.15, -0.1) is 0 Å². The number of hydrogen-bond acceptors (Lipinski definition) is 6. The van der Waals surface area contributed by atoms with E-state index in [4.69, 9.17) is 15.2 Å². The van der Waals surface area contributed by atoms with Gasteiger partial charge in [0.25, 0.3) is 5.91 Å². The van der Waals surface area contributed by atoms with E-state index in [9.17, 15) is 14.7 Å². The van der Waals surface area contributed by atoms with Crippen molar-refractivity contribution >= 4 is 11.7 Å². The van der Waals surface area contributed by atoms with Crippen molar-refractivity contribution < 1.29 is 24.2 Å². The number of benzene rings is 2. The van der Waals surface area contributed by atoms with Crippen LogP contribution in [0.25, 0.3) is 0 Å². The van der Waals surface area contributed by atoms with Crippen molar-refractivity contribution in [1.82, 2.24) is 4.90 Å². The average Bonchev–Trinajstić information content (AvgIpc) is 3.14. The number of nitrogens with zero attached hydrogens (tertiary/aromatic N) is 1. The van der Waals surface area contributed by atoms with Crippen molar-refractivity contribution in [3.63, 3.8) is 0 Å². The molecule has 3 N–H and O–H groups in total. The molecule has 176 valence electrons. The average molecular weight is 453 g/mol. The molecule has 33 heavy (non-hydrogen) atoms. The minimum atomic E-state index is -0.476. The summed E-state index contributed by atoms with van der Waals surface area (Å²) in [5.41, 5.74) is 8.01. The number of carbonyl (C=O) groups is 2. The van der Waals surface area contributed by atoms with E-state index in [2.05, 4.69) is 6.07 Å². The summed E-state index contributed by atoms with van der Waals surface area (Å²) in [6, 6.07) is 10.5. The third-order valence-corrected chi connectivity index (χ3v) is 6.54. The molecular weight excluding hydrogens is 420 g/mol. The number of likely N-dealkylation sites (tertiary alicyclic amines) is 1. The zero-order valence-electron chi connectivity index (χ0n) is 19.5. The molecule has 1 saturated heterocycles. The molecule has 7 heteroatoms. The summed E-state index contributed by atoms with van der Waals surface area (Å²) in [4.78, 5) is 27.6. The fraction of sp³-hybridized carbons (Fsp3) is 0.462. The Morgan fingerprint density at radius 2 is 1.88 bits per heavy atom. The molecule has 0 atom stereocenters. The maximum atomic E-state index is 13.2. The van der Waals surface area contributed by atoms with E-state index >= 15 is 0 Å². The highest BCUT2D eigenvalue weighted by atomic mass is 16.5. The van der Waals surface area contributed by atoms with Crippen LogP contribution in [0.2, 0.25) is 0 Å². The quantitative estimate of drug-likeness (QED) is 0.674. The molecule has 1 amide bonds. The smallest absolute Gasteiger partial charge is 0.253 e. The Morgan fingerprint density at radius 1 is 1.15 bits per heavy atom. The maximum Gasteiger partial charge on any atom is 0.253 e. The maximum absolute atomic E-state index is 13.2. The molecule has 2 aromatic carbocycles. The summed E-state index contributed by atoms with van der Waals surface area (Å²) in [6.45, 7) is 7.68. The van der Waals surface area contributed by atoms with Crippen LogP contribution in [0.15, 0.2) is 36.4 Å². The molecule has 0 aliphatic carbocycles. The van der Waals surface area contributed by atoms with Crippen molar-refractivity contribution in [3.8, 4) is 11.5 Å². The van der Waals surface area contributed by atoms with Crippen molar-refractivity contribution in [2.75, 3.05) is 26.3 Å². The standard InChI is InChI=1S/C26H32N2O5/c1-25(2,3)33-15-22(30)19-13-18(5-6-21(19)29)24(31)28-10-8-26(9-11-28)16-32-23-7-4-17(14-27)12-20(23)26/h4-7,12-13,29H,8-11,14-16,27H2,1-3H3. The first-order chi connectivity index (χ1) is 15.6. The summed E-state index contributed by atoms with van der Waals surface area (Å²) >= 11 is 0. The predicted octanol–water partition coefficient (Wildman–Crippen LogP) is 3.42. The molecule has 1 spiro atoms. The van der Waals surface area contributed by atoms with E-state index in [1.54, 1.807) is 6.07 Å². The van der Waals surface area contributed by atoms with E-state index in [1.807, 2.05) is 37.8 Å². The van der Waals surface area contributed by atoms with Crippen LogP contribution in [0.1, 0.15) is 65.5 Å². The number of carbonyl (C=O) groups excluding carboxylic acids is 2. The minimum Gasteiger partial charge on any atom is -0.507 e. The third-order valence-electron chi connectivity index (χ3n) is 6.54. The van der Waals surface area contributed by atoms with Crippen molar-refractivity contribution in [2.45, 2.75) is 51.2 Å². The highest BCUT2D eigenvalue weighted by Gasteiger charge is 2.44. The molecule has 2 aliphatic heterocycles. The second-order valence-corrected chi connectivity index (χ2v) is 9.95. The molecule has 4 rings (SSSR count). The number of nitrogens with two attached hydrogens (primary N) is 1. The molecule has 1 fully saturated rings. The van der Waals surface area contributed by atoms with Crippen LogP contribution in [0.4, 0.5) is 0 Å². The van der Waals surface area contributed by atoms with Gasteiger partial charge in [-0.3, -0.25) is 9.59 Å². The second-order valence-electron chi connectivity index (χ2n) is 9.95. The topological polar surface area (TPSA) is 102 Å². The molecule has 7 nitrogen and oxygen atoms in total. The molecule has 2 heterocycles. The molecule has 0 aromatic heterocycles. The van der Waals surface area contributed by atoms with Gasteiger partial charge in [0.05, 0.1) is 17.8 Å². The third kappa shape index (κ3) is 4.75. The number of rotatable bonds is 5. The van der Waals surface area contributed by atoms with E-state index in [0.717, 1.165) is 24.2 Å².